The zero-order valence-electron chi connectivity index (χ0n) is 16.3. The molecule has 0 atom stereocenters. The summed E-state index contributed by atoms with van der Waals surface area (Å²) in [5.74, 6) is 1.25. The van der Waals surface area contributed by atoms with Gasteiger partial charge in [0.1, 0.15) is 17.1 Å². The molecule has 30 heavy (non-hydrogen) atoms. The Hall–Kier alpha value is -3.83. The van der Waals surface area contributed by atoms with Crippen molar-refractivity contribution in [3.63, 3.8) is 0 Å². The minimum atomic E-state index is -0.232. The van der Waals surface area contributed by atoms with E-state index < -0.39 is 0 Å². The third-order valence-corrected chi connectivity index (χ3v) is 5.32. The van der Waals surface area contributed by atoms with E-state index in [9.17, 15) is 10.4 Å². The number of aryl methyl sites for hydroxylation is 1. The zero-order valence-corrected chi connectivity index (χ0v) is 16.3. The van der Waals surface area contributed by atoms with Crippen molar-refractivity contribution in [1.29, 1.82) is 5.26 Å². The Morgan fingerprint density at radius 1 is 1.33 bits per heavy atom. The minimum absolute atomic E-state index is 0.232. The quantitative estimate of drug-likeness (QED) is 0.543. The van der Waals surface area contributed by atoms with Crippen LogP contribution in [0.1, 0.15) is 17.7 Å². The third kappa shape index (κ3) is 2.71. The van der Waals surface area contributed by atoms with Gasteiger partial charge < -0.3 is 19.6 Å². The Balaban J connectivity index is 1.88. The van der Waals surface area contributed by atoms with E-state index in [1.165, 1.54) is 0 Å². The van der Waals surface area contributed by atoms with E-state index in [-0.39, 0.29) is 6.61 Å². The summed E-state index contributed by atoms with van der Waals surface area (Å²) in [6.45, 7) is 1.07. The number of H-pyrrole nitrogens is 1. The Kier molecular flexibility index (Phi) is 4.38. The number of hydrogen-bond donors (Lipinski definition) is 2. The molecule has 1 aliphatic heterocycles. The van der Waals surface area contributed by atoms with Gasteiger partial charge >= 0.3 is 0 Å². The van der Waals surface area contributed by atoms with E-state index >= 15 is 0 Å². The number of aliphatic hydroxyl groups is 1. The van der Waals surface area contributed by atoms with Gasteiger partial charge in [0.15, 0.2) is 0 Å². The second-order valence-electron chi connectivity index (χ2n) is 7.01. The molecule has 1 aromatic carbocycles. The number of aliphatic hydroxyl groups excluding tert-OH is 1. The first-order chi connectivity index (χ1) is 14.7. The number of nitrogens with zero attached hydrogens (tertiary/aromatic N) is 4. The number of ether oxygens (including phenoxy) is 2. The number of aromatic amines is 1. The van der Waals surface area contributed by atoms with E-state index in [1.54, 1.807) is 30.1 Å². The van der Waals surface area contributed by atoms with Crippen LogP contribution in [0, 0.1) is 11.3 Å². The van der Waals surface area contributed by atoms with Crippen LogP contribution in [0.4, 0.5) is 0 Å². The molecule has 0 aliphatic carbocycles. The average molecular weight is 401 g/mol. The molecule has 0 amide bonds. The van der Waals surface area contributed by atoms with E-state index in [2.05, 4.69) is 21.1 Å². The number of pyridine rings is 1. The van der Waals surface area contributed by atoms with Gasteiger partial charge in [-0.05, 0) is 30.3 Å². The van der Waals surface area contributed by atoms with Crippen LogP contribution in [0.3, 0.4) is 0 Å². The first-order valence-electron chi connectivity index (χ1n) is 9.64. The first-order valence-corrected chi connectivity index (χ1v) is 9.64. The fourth-order valence-corrected chi connectivity index (χ4v) is 3.98. The van der Waals surface area contributed by atoms with Gasteiger partial charge in [0.2, 0.25) is 5.88 Å². The molecule has 4 aromatic rings. The van der Waals surface area contributed by atoms with Crippen LogP contribution in [-0.4, -0.2) is 38.6 Å². The summed E-state index contributed by atoms with van der Waals surface area (Å²) in [6.07, 6.45) is 2.56. The number of fused-ring (bicyclic) bond motifs is 2. The highest BCUT2D eigenvalue weighted by Crippen LogP contribution is 2.45. The van der Waals surface area contributed by atoms with Crippen LogP contribution in [0.15, 0.2) is 36.5 Å². The van der Waals surface area contributed by atoms with Gasteiger partial charge in [0, 0.05) is 35.7 Å². The number of methoxy groups -OCH3 is 1. The molecule has 5 rings (SSSR count). The van der Waals surface area contributed by atoms with Crippen molar-refractivity contribution in [2.45, 2.75) is 19.6 Å². The van der Waals surface area contributed by atoms with Gasteiger partial charge in [-0.1, -0.05) is 0 Å². The maximum Gasteiger partial charge on any atom is 0.221 e. The molecular weight excluding hydrogens is 382 g/mol. The second kappa shape index (κ2) is 7.21. The van der Waals surface area contributed by atoms with Crippen molar-refractivity contribution in [1.82, 2.24) is 19.7 Å². The molecule has 150 valence electrons. The lowest BCUT2D eigenvalue weighted by atomic mass is 9.95. The predicted molar refractivity (Wildman–Crippen MR) is 110 cm³/mol. The van der Waals surface area contributed by atoms with Crippen molar-refractivity contribution in [3.8, 4) is 40.1 Å². The highest BCUT2D eigenvalue weighted by atomic mass is 16.5. The molecule has 0 fully saturated rings. The lowest BCUT2D eigenvalue weighted by molar-refractivity contribution is 0.230. The number of nitriles is 1. The molecule has 2 N–H and O–H groups in total. The molecule has 0 saturated carbocycles. The largest absolute Gasteiger partial charge is 0.497 e. The molecule has 0 spiro atoms. The van der Waals surface area contributed by atoms with E-state index in [1.807, 2.05) is 18.2 Å². The van der Waals surface area contributed by atoms with Gasteiger partial charge in [-0.25, -0.2) is 9.67 Å². The lowest BCUT2D eigenvalue weighted by Crippen LogP contribution is -2.15. The van der Waals surface area contributed by atoms with Gasteiger partial charge in [-0.2, -0.15) is 10.4 Å². The Bertz CT molecular complexity index is 1300. The van der Waals surface area contributed by atoms with Gasteiger partial charge in [0.25, 0.3) is 0 Å². The molecular formula is C22H19N5O3. The topological polar surface area (TPSA) is 109 Å². The summed E-state index contributed by atoms with van der Waals surface area (Å²) in [6, 6.07) is 11.4. The van der Waals surface area contributed by atoms with Gasteiger partial charge in [-0.3, -0.25) is 0 Å². The maximum atomic E-state index is 10.0. The normalized spacial score (nSPS) is 13.0. The van der Waals surface area contributed by atoms with E-state index in [4.69, 9.17) is 9.47 Å². The van der Waals surface area contributed by atoms with Crippen LogP contribution in [-0.2, 0) is 13.2 Å². The molecule has 4 heterocycles. The standard InChI is InChI=1S/C22H19N5O3/c1-29-14-6-5-13(11-23)16(10-14)18-15-4-2-7-24-21(15)25-20(18)19-17(12-28)26-27-8-3-9-30-22(19)27/h2,4-7,10,28H,3,8-9,12H2,1H3,(H,24,25). The van der Waals surface area contributed by atoms with Crippen molar-refractivity contribution in [3.05, 3.63) is 47.8 Å². The molecule has 0 radical (unpaired) electrons. The summed E-state index contributed by atoms with van der Waals surface area (Å²) in [5, 5.41) is 25.2. The molecule has 8 nitrogen and oxygen atoms in total. The SMILES string of the molecule is COc1ccc(C#N)c(-c2c(-c3c(CO)nn4c3OCCC4)[nH]c3ncccc23)c1. The second-order valence-corrected chi connectivity index (χ2v) is 7.01. The maximum absolute atomic E-state index is 10.0. The monoisotopic (exact) mass is 401 g/mol. The van der Waals surface area contributed by atoms with Crippen LogP contribution in [0.25, 0.3) is 33.4 Å². The zero-order chi connectivity index (χ0) is 20.7. The minimum Gasteiger partial charge on any atom is -0.497 e. The average Bonchev–Trinajstić information content (AvgIpc) is 3.36. The summed E-state index contributed by atoms with van der Waals surface area (Å²) in [7, 11) is 1.59. The first kappa shape index (κ1) is 18.2. The van der Waals surface area contributed by atoms with Gasteiger partial charge in [0.05, 0.1) is 43.2 Å². The summed E-state index contributed by atoms with van der Waals surface area (Å²) < 4.78 is 13.1. The summed E-state index contributed by atoms with van der Waals surface area (Å²) >= 11 is 0. The number of rotatable bonds is 4. The number of aromatic nitrogens is 4. The molecule has 0 unspecified atom stereocenters. The Labute approximate surface area is 172 Å². The molecule has 8 heteroatoms. The molecule has 3 aromatic heterocycles. The molecule has 0 saturated heterocycles. The number of benzene rings is 1. The lowest BCUT2D eigenvalue weighted by Gasteiger charge is -2.16. The summed E-state index contributed by atoms with van der Waals surface area (Å²) in [5.41, 5.74) is 4.61. The predicted octanol–water partition coefficient (Wildman–Crippen LogP) is 3.25. The van der Waals surface area contributed by atoms with E-state index in [0.29, 0.717) is 52.0 Å². The van der Waals surface area contributed by atoms with Crippen molar-refractivity contribution in [2.24, 2.45) is 0 Å². The Morgan fingerprint density at radius 2 is 2.23 bits per heavy atom. The number of hydrogen-bond acceptors (Lipinski definition) is 6. The fraction of sp³-hybridized carbons (Fsp3) is 0.227. The van der Waals surface area contributed by atoms with Crippen molar-refractivity contribution in [2.75, 3.05) is 13.7 Å². The van der Waals surface area contributed by atoms with E-state index in [0.717, 1.165) is 23.9 Å². The highest BCUT2D eigenvalue weighted by molar-refractivity contribution is 6.04. The third-order valence-electron chi connectivity index (χ3n) is 5.32. The van der Waals surface area contributed by atoms with Gasteiger partial charge in [-0.15, -0.1) is 0 Å². The van der Waals surface area contributed by atoms with Crippen LogP contribution in [0.5, 0.6) is 11.6 Å². The Morgan fingerprint density at radius 3 is 3.03 bits per heavy atom. The molecule has 1 aliphatic rings. The molecule has 0 bridgehead atoms. The fourth-order valence-electron chi connectivity index (χ4n) is 3.98. The van der Waals surface area contributed by atoms with Crippen molar-refractivity contribution >= 4 is 11.0 Å². The van der Waals surface area contributed by atoms with Crippen LogP contribution >= 0.6 is 0 Å². The smallest absolute Gasteiger partial charge is 0.221 e. The van der Waals surface area contributed by atoms with Crippen molar-refractivity contribution < 1.29 is 14.6 Å². The van der Waals surface area contributed by atoms with Crippen LogP contribution in [0.2, 0.25) is 0 Å². The summed E-state index contributed by atoms with van der Waals surface area (Å²) in [4.78, 5) is 7.84. The highest BCUT2D eigenvalue weighted by Gasteiger charge is 2.28. The van der Waals surface area contributed by atoms with Crippen LogP contribution < -0.4 is 9.47 Å². The number of nitrogens with one attached hydrogen (secondary N) is 1.